The number of hydrogen-bond acceptors (Lipinski definition) is 2. The predicted octanol–water partition coefficient (Wildman–Crippen LogP) is 2.05. The Morgan fingerprint density at radius 3 is 3.27 bits per heavy atom. The molecule has 3 nitrogen and oxygen atoms in total. The Labute approximate surface area is 72.6 Å². The molecule has 0 atom stereocenters. The lowest BCUT2D eigenvalue weighted by molar-refractivity contribution is 0.902. The molecule has 0 aliphatic rings. The van der Waals surface area contributed by atoms with Crippen LogP contribution in [0.25, 0.3) is 5.52 Å². The number of aromatic nitrogens is 3. The van der Waals surface area contributed by atoms with E-state index in [1.807, 2.05) is 6.07 Å². The number of aromatic amines is 1. The summed E-state index contributed by atoms with van der Waals surface area (Å²) in [5.41, 5.74) is 0.926. The molecule has 0 fully saturated rings. The van der Waals surface area contributed by atoms with Crippen molar-refractivity contribution in [2.45, 2.75) is 0 Å². The van der Waals surface area contributed by atoms with Crippen LogP contribution in [0.15, 0.2) is 18.3 Å². The quantitative estimate of drug-likeness (QED) is 0.504. The van der Waals surface area contributed by atoms with Gasteiger partial charge in [-0.2, -0.15) is 0 Å². The lowest BCUT2D eigenvalue weighted by Gasteiger charge is -1.92. The van der Waals surface area contributed by atoms with Crippen molar-refractivity contribution >= 4 is 29.3 Å². The summed E-state index contributed by atoms with van der Waals surface area (Å²) < 4.78 is 2.12. The number of nitrogens with zero attached hydrogens (tertiary/aromatic N) is 2. The van der Waals surface area contributed by atoms with E-state index in [0.717, 1.165) is 5.52 Å². The summed E-state index contributed by atoms with van der Waals surface area (Å²) in [4.78, 5) is 3.89. The number of fused-ring (bicyclic) bond motifs is 1. The second-order valence-electron chi connectivity index (χ2n) is 2.08. The van der Waals surface area contributed by atoms with E-state index >= 15 is 0 Å². The first kappa shape index (κ1) is 6.82. The molecule has 0 spiro atoms. The third kappa shape index (κ3) is 1.04. The summed E-state index contributed by atoms with van der Waals surface area (Å²) in [5, 5.41) is 3.33. The van der Waals surface area contributed by atoms with Gasteiger partial charge in [0.2, 0.25) is 4.77 Å². The van der Waals surface area contributed by atoms with Crippen LogP contribution in [0.3, 0.4) is 0 Å². The monoisotopic (exact) mass is 185 g/mol. The van der Waals surface area contributed by atoms with Crippen molar-refractivity contribution < 1.29 is 0 Å². The lowest BCUT2D eigenvalue weighted by Crippen LogP contribution is -1.91. The molecule has 2 aromatic heterocycles. The van der Waals surface area contributed by atoms with Gasteiger partial charge in [0, 0.05) is 12.3 Å². The van der Waals surface area contributed by atoms with Crippen molar-refractivity contribution in [3.8, 4) is 0 Å². The highest BCUT2D eigenvalue weighted by atomic mass is 35.5. The molecule has 0 aliphatic carbocycles. The van der Waals surface area contributed by atoms with Gasteiger partial charge < -0.3 is 0 Å². The fraction of sp³-hybridized carbons (Fsp3) is 0. The molecule has 2 rings (SSSR count). The zero-order chi connectivity index (χ0) is 7.84. The minimum absolute atomic E-state index is 0.426. The fourth-order valence-corrected chi connectivity index (χ4v) is 1.42. The highest BCUT2D eigenvalue weighted by Gasteiger charge is 1.95. The van der Waals surface area contributed by atoms with Gasteiger partial charge in [-0.1, -0.05) is 11.6 Å². The average molecular weight is 186 g/mol. The van der Waals surface area contributed by atoms with Crippen LogP contribution >= 0.6 is 23.8 Å². The number of H-pyrrole nitrogens is 1. The molecule has 0 saturated heterocycles. The second-order valence-corrected chi connectivity index (χ2v) is 2.84. The minimum atomic E-state index is 0.426. The van der Waals surface area contributed by atoms with Gasteiger partial charge in [-0.25, -0.2) is 9.50 Å². The summed E-state index contributed by atoms with van der Waals surface area (Å²) >= 11 is 10.6. The van der Waals surface area contributed by atoms with Crippen LogP contribution in [-0.4, -0.2) is 14.6 Å². The van der Waals surface area contributed by atoms with Crippen LogP contribution < -0.4 is 0 Å². The Morgan fingerprint density at radius 1 is 1.64 bits per heavy atom. The third-order valence-electron chi connectivity index (χ3n) is 1.38. The maximum atomic E-state index is 5.68. The van der Waals surface area contributed by atoms with Crippen LogP contribution in [0, 0.1) is 4.77 Å². The van der Waals surface area contributed by atoms with E-state index in [0.29, 0.717) is 9.92 Å². The third-order valence-corrected chi connectivity index (χ3v) is 1.84. The van der Waals surface area contributed by atoms with Crippen molar-refractivity contribution in [1.82, 2.24) is 14.6 Å². The molecule has 0 unspecified atom stereocenters. The highest BCUT2D eigenvalue weighted by molar-refractivity contribution is 7.71. The molecule has 2 heterocycles. The van der Waals surface area contributed by atoms with Crippen LogP contribution in [0.4, 0.5) is 0 Å². The normalized spacial score (nSPS) is 10.6. The molecular weight excluding hydrogens is 182 g/mol. The molecule has 2 aromatic rings. The van der Waals surface area contributed by atoms with Crippen LogP contribution in [0.1, 0.15) is 0 Å². The zero-order valence-corrected chi connectivity index (χ0v) is 6.99. The molecule has 5 heteroatoms. The maximum absolute atomic E-state index is 5.68. The number of rotatable bonds is 0. The summed E-state index contributed by atoms with van der Waals surface area (Å²) in [5.74, 6) is 0. The Hall–Kier alpha value is -0.870. The minimum Gasteiger partial charge on any atom is -0.299 e. The van der Waals surface area contributed by atoms with Gasteiger partial charge in [-0.3, -0.25) is 5.10 Å². The molecule has 11 heavy (non-hydrogen) atoms. The Kier molecular flexibility index (Phi) is 1.44. The first-order chi connectivity index (χ1) is 5.27. The van der Waals surface area contributed by atoms with E-state index in [2.05, 4.69) is 10.1 Å². The van der Waals surface area contributed by atoms with Crippen LogP contribution in [-0.2, 0) is 0 Å². The largest absolute Gasteiger partial charge is 0.299 e. The van der Waals surface area contributed by atoms with Crippen molar-refractivity contribution in [3.63, 3.8) is 0 Å². The van der Waals surface area contributed by atoms with Gasteiger partial charge in [0.05, 0.1) is 5.52 Å². The van der Waals surface area contributed by atoms with Gasteiger partial charge in [0.1, 0.15) is 5.15 Å². The van der Waals surface area contributed by atoms with Gasteiger partial charge in [0.15, 0.2) is 0 Å². The predicted molar refractivity (Wildman–Crippen MR) is 45.4 cm³/mol. The Bertz CT molecular complexity index is 444. The average Bonchev–Trinajstić information content (AvgIpc) is 2.34. The van der Waals surface area contributed by atoms with Crippen LogP contribution in [0.5, 0.6) is 0 Å². The maximum Gasteiger partial charge on any atom is 0.220 e. The van der Waals surface area contributed by atoms with Gasteiger partial charge in [0.25, 0.3) is 0 Å². The molecule has 0 aliphatic heterocycles. The van der Waals surface area contributed by atoms with Crippen LogP contribution in [0.2, 0.25) is 5.15 Å². The van der Waals surface area contributed by atoms with E-state index in [1.165, 1.54) is 0 Å². The first-order valence-electron chi connectivity index (χ1n) is 3.00. The van der Waals surface area contributed by atoms with Gasteiger partial charge >= 0.3 is 0 Å². The van der Waals surface area contributed by atoms with Gasteiger partial charge in [-0.05, 0) is 18.3 Å². The molecule has 0 radical (unpaired) electrons. The number of halogens is 1. The molecular formula is C6H4ClN3S. The standard InChI is InChI=1S/C6H4ClN3S/c7-5-3-4-1-2-8-10(4)6(11)9-5/h1-3,8H. The molecule has 0 amide bonds. The fourth-order valence-electron chi connectivity index (χ4n) is 0.920. The smallest absolute Gasteiger partial charge is 0.220 e. The van der Waals surface area contributed by atoms with E-state index in [1.54, 1.807) is 16.8 Å². The molecule has 0 aromatic carbocycles. The van der Waals surface area contributed by atoms with E-state index in [-0.39, 0.29) is 0 Å². The van der Waals surface area contributed by atoms with E-state index in [9.17, 15) is 0 Å². The second kappa shape index (κ2) is 2.32. The summed E-state index contributed by atoms with van der Waals surface area (Å²) in [6.45, 7) is 0. The topological polar surface area (TPSA) is 33.1 Å². The molecule has 56 valence electrons. The summed E-state index contributed by atoms with van der Waals surface area (Å²) in [6.07, 6.45) is 1.78. The number of nitrogens with one attached hydrogen (secondary N) is 1. The lowest BCUT2D eigenvalue weighted by atomic mass is 10.5. The highest BCUT2D eigenvalue weighted by Crippen LogP contribution is 2.08. The van der Waals surface area contributed by atoms with Crippen molar-refractivity contribution in [2.24, 2.45) is 0 Å². The zero-order valence-electron chi connectivity index (χ0n) is 5.41. The summed E-state index contributed by atoms with van der Waals surface area (Å²) in [7, 11) is 0. The van der Waals surface area contributed by atoms with Gasteiger partial charge in [-0.15, -0.1) is 0 Å². The number of hydrogen-bond donors (Lipinski definition) is 1. The molecule has 0 saturated carbocycles. The van der Waals surface area contributed by atoms with E-state index in [4.69, 9.17) is 23.8 Å². The van der Waals surface area contributed by atoms with E-state index < -0.39 is 0 Å². The molecule has 0 bridgehead atoms. The van der Waals surface area contributed by atoms with Crippen molar-refractivity contribution in [2.75, 3.05) is 0 Å². The summed E-state index contributed by atoms with van der Waals surface area (Å²) in [6, 6.07) is 3.62. The Morgan fingerprint density at radius 2 is 2.45 bits per heavy atom. The SMILES string of the molecule is S=c1nc(Cl)cc2cc[nH]n12. The Balaban J connectivity index is 3.02. The van der Waals surface area contributed by atoms with Crippen molar-refractivity contribution in [3.05, 3.63) is 28.3 Å². The molecule has 1 N–H and O–H groups in total. The van der Waals surface area contributed by atoms with Crippen molar-refractivity contribution in [1.29, 1.82) is 0 Å². The first-order valence-corrected chi connectivity index (χ1v) is 3.79.